The van der Waals surface area contributed by atoms with E-state index in [1.165, 1.54) is 0 Å². The first-order valence-electron chi connectivity index (χ1n) is 5.88. The van der Waals surface area contributed by atoms with Crippen LogP contribution in [0.5, 0.6) is 0 Å². The molecule has 0 aliphatic carbocycles. The van der Waals surface area contributed by atoms with Crippen molar-refractivity contribution in [3.8, 4) is 0 Å². The molecular weight excluding hydrogens is 353 g/mol. The molecule has 7 N–H and O–H groups in total. The van der Waals surface area contributed by atoms with Gasteiger partial charge in [0.15, 0.2) is 0 Å². The second kappa shape index (κ2) is 11.7. The summed E-state index contributed by atoms with van der Waals surface area (Å²) in [6.07, 6.45) is -3.40. The second-order valence-corrected chi connectivity index (χ2v) is 10.4. The molecule has 0 aromatic heterocycles. The van der Waals surface area contributed by atoms with Crippen molar-refractivity contribution in [2.45, 2.75) is 0 Å². The van der Waals surface area contributed by atoms with E-state index in [0.717, 1.165) is 0 Å². The predicted molar refractivity (Wildman–Crippen MR) is 88.3 cm³/mol. The van der Waals surface area contributed by atoms with Gasteiger partial charge in [-0.1, -0.05) is 0 Å². The maximum absolute atomic E-state index is 11.1. The van der Waals surface area contributed by atoms with E-state index in [0.29, 0.717) is 0 Å². The topological polar surface area (TPSA) is 187 Å². The summed E-state index contributed by atoms with van der Waals surface area (Å²) in [5.74, 6) is -5.83. The Morgan fingerprint density at radius 3 is 1.17 bits per heavy atom. The fraction of sp³-hybridized carbons (Fsp3) is 0.600. The molecule has 0 aromatic rings. The van der Waals surface area contributed by atoms with Gasteiger partial charge in [-0.2, -0.15) is 0 Å². The van der Waals surface area contributed by atoms with Gasteiger partial charge in [0.05, 0.1) is 0 Å². The Hall–Kier alpha value is 0.230. The van der Waals surface area contributed by atoms with Crippen LogP contribution in [0.1, 0.15) is 0 Å². The molecule has 126 valence electrons. The summed E-state index contributed by atoms with van der Waals surface area (Å²) >= 11 is 0. The first-order chi connectivity index (χ1) is 9.54. The summed E-state index contributed by atoms with van der Waals surface area (Å²) in [7, 11) is 0. The van der Waals surface area contributed by atoms with Crippen LogP contribution in [0, 0.1) is 0 Å². The van der Waals surface area contributed by atoms with Crippen molar-refractivity contribution in [3.63, 3.8) is 0 Å². The molecule has 0 aliphatic rings. The van der Waals surface area contributed by atoms with Gasteiger partial charge in [0, 0.05) is 0 Å². The molecule has 0 unspecified atom stereocenters. The Kier molecular flexibility index (Phi) is 14.3. The Morgan fingerprint density at radius 2 is 1.00 bits per heavy atom. The Bertz CT molecular complexity index is 387. The van der Waals surface area contributed by atoms with Gasteiger partial charge in [0.25, 0.3) is 0 Å². The van der Waals surface area contributed by atoms with Crippen LogP contribution in [0.25, 0.3) is 0 Å². The number of hydrogen-bond donors (Lipinski definition) is 6. The number of nitrogens with one attached hydrogen (secondary N) is 1. The van der Waals surface area contributed by atoms with E-state index in [4.69, 9.17) is 26.2 Å². The molecule has 0 atom stereocenters. The van der Waals surface area contributed by atoms with Gasteiger partial charge in [0.1, 0.15) is 0 Å². The Labute approximate surface area is 176 Å². The molecule has 0 fully saturated rings. The normalized spacial score (nSPS) is 12.0. The summed E-state index contributed by atoms with van der Waals surface area (Å²) < 4.78 is 0. The third-order valence-electron chi connectivity index (χ3n) is 2.90. The Morgan fingerprint density at radius 1 is 0.739 bits per heavy atom. The first-order valence-corrected chi connectivity index (χ1v) is 8.85. The minimum atomic E-state index is -4.34. The first kappa shape index (κ1) is 28.1. The number of nitrogens with two attached hydrogens (primary N) is 1. The van der Waals surface area contributed by atoms with Gasteiger partial charge in [-0.05, 0) is 0 Å². The third kappa shape index (κ3) is 9.96. The zero-order valence-corrected chi connectivity index (χ0v) is 12.1. The van der Waals surface area contributed by atoms with Crippen molar-refractivity contribution in [3.05, 3.63) is 0 Å². The van der Waals surface area contributed by atoms with Crippen LogP contribution in [0.15, 0.2) is 0 Å². The molecule has 13 heteroatoms. The van der Waals surface area contributed by atoms with Crippen molar-refractivity contribution >= 4 is 89.7 Å². The minimum absolute atomic E-state index is 0. The number of hydrogen-bond acceptors (Lipinski definition) is 6. The van der Waals surface area contributed by atoms with Gasteiger partial charge in [-0.15, -0.1) is 0 Å². The van der Waals surface area contributed by atoms with Crippen molar-refractivity contribution < 1.29 is 39.6 Å². The van der Waals surface area contributed by atoms with Crippen molar-refractivity contribution in [1.29, 1.82) is 0 Å². The molecule has 23 heavy (non-hydrogen) atoms. The number of aliphatic carboxylic acids is 4. The van der Waals surface area contributed by atoms with Crippen molar-refractivity contribution in [1.82, 2.24) is 5.09 Å². The molecule has 0 saturated heterocycles. The molecule has 0 aromatic carbocycles. The molecule has 0 spiro atoms. The van der Waals surface area contributed by atoms with E-state index in [9.17, 15) is 19.2 Å². The summed E-state index contributed by atoms with van der Waals surface area (Å²) in [5.41, 5.74) is 5.29. The summed E-state index contributed by atoms with van der Waals surface area (Å²) in [6, 6.07) is 0. The molecule has 0 heterocycles. The van der Waals surface area contributed by atoms with E-state index in [1.807, 2.05) is 0 Å². The number of rotatable bonds is 11. The average molecular weight is 374 g/mol. The fourth-order valence-corrected chi connectivity index (χ4v) is 7.07. The van der Waals surface area contributed by atoms with Gasteiger partial charge < -0.3 is 0 Å². The van der Waals surface area contributed by atoms with Gasteiger partial charge >= 0.3 is 178 Å². The van der Waals surface area contributed by atoms with Crippen LogP contribution in [0.2, 0.25) is 0 Å². The van der Waals surface area contributed by atoms with Crippen LogP contribution in [-0.2, 0) is 19.2 Å². The van der Waals surface area contributed by atoms with Crippen molar-refractivity contribution in [2.75, 3.05) is 37.7 Å². The molecule has 0 saturated carbocycles. The standard InChI is InChI=1S/C10H19N2O8P.2Na.2H/c11-1-2-12-21(3-7(13)14,4-8(15)16,5-9(17)18)6-10(19)20;;;;/h12H,1-6,11H2,(H,13,14)(H,15,16)(H,17,18)(H,19,20);;;;. The molecular formula is C10H21N2Na2O8P. The molecule has 0 bridgehead atoms. The van der Waals surface area contributed by atoms with Gasteiger partial charge in [-0.3, -0.25) is 0 Å². The zero-order chi connectivity index (χ0) is 16.7. The van der Waals surface area contributed by atoms with Gasteiger partial charge in [0.2, 0.25) is 0 Å². The number of carboxylic acid groups (broad SMARTS) is 4. The monoisotopic (exact) mass is 374 g/mol. The quantitative estimate of drug-likeness (QED) is 0.161. The summed E-state index contributed by atoms with van der Waals surface area (Å²) in [5, 5.41) is 38.7. The second-order valence-electron chi connectivity index (χ2n) is 4.88. The molecule has 0 aliphatic heterocycles. The fourth-order valence-electron chi connectivity index (χ4n) is 2.36. The van der Waals surface area contributed by atoms with Crippen LogP contribution in [0.4, 0.5) is 0 Å². The summed E-state index contributed by atoms with van der Waals surface area (Å²) in [6.45, 7) is -4.43. The van der Waals surface area contributed by atoms with Crippen LogP contribution in [-0.4, -0.2) is 141 Å². The average Bonchev–Trinajstić information content (AvgIpc) is 2.21. The van der Waals surface area contributed by atoms with E-state index >= 15 is 0 Å². The Balaban J connectivity index is -0.00000200. The van der Waals surface area contributed by atoms with E-state index in [1.54, 1.807) is 0 Å². The van der Waals surface area contributed by atoms with E-state index in [2.05, 4.69) is 5.09 Å². The molecule has 0 amide bonds. The van der Waals surface area contributed by atoms with E-state index < -0.39 is 55.3 Å². The van der Waals surface area contributed by atoms with Gasteiger partial charge in [-0.25, -0.2) is 0 Å². The number of carboxylic acids is 4. The molecule has 0 radical (unpaired) electrons. The van der Waals surface area contributed by atoms with Crippen LogP contribution < -0.4 is 10.8 Å². The zero-order valence-electron chi connectivity index (χ0n) is 11.2. The SMILES string of the molecule is NCCNP(CC(=O)O)(CC(=O)O)(CC(=O)O)CC(=O)O.[NaH].[NaH]. The van der Waals surface area contributed by atoms with Crippen LogP contribution >= 0.6 is 6.75 Å². The third-order valence-corrected chi connectivity index (χ3v) is 8.42. The molecule has 10 nitrogen and oxygen atoms in total. The number of carbonyl (C=O) groups is 4. The van der Waals surface area contributed by atoms with E-state index in [-0.39, 0.29) is 72.2 Å². The maximum atomic E-state index is 11.1. The summed E-state index contributed by atoms with van der Waals surface area (Å²) in [4.78, 5) is 44.4. The van der Waals surface area contributed by atoms with Crippen LogP contribution in [0.3, 0.4) is 0 Å². The predicted octanol–water partition coefficient (Wildman–Crippen LogP) is -2.96. The molecule has 0 rings (SSSR count). The van der Waals surface area contributed by atoms with Crippen molar-refractivity contribution in [2.24, 2.45) is 5.73 Å².